The van der Waals surface area contributed by atoms with E-state index in [1.54, 1.807) is 6.07 Å². The second-order valence-corrected chi connectivity index (χ2v) is 5.29. The molecule has 0 amide bonds. The third-order valence-corrected chi connectivity index (χ3v) is 3.29. The first-order valence-electron chi connectivity index (χ1n) is 6.04. The molecule has 17 heavy (non-hydrogen) atoms. The average Bonchev–Trinajstić information content (AvgIpc) is 2.30. The summed E-state index contributed by atoms with van der Waals surface area (Å²) in [5, 5.41) is 3.35. The molecule has 1 atom stereocenters. The van der Waals surface area contributed by atoms with Gasteiger partial charge in [-0.1, -0.05) is 26.8 Å². The first kappa shape index (κ1) is 14.1. The van der Waals surface area contributed by atoms with Crippen molar-refractivity contribution in [2.24, 2.45) is 5.41 Å². The molecule has 0 heterocycles. The molecule has 0 aliphatic heterocycles. The maximum Gasteiger partial charge on any atom is 0.159 e. The molecular formula is C14H21F2N. The summed E-state index contributed by atoms with van der Waals surface area (Å²) in [6, 6.07) is 4.07. The Morgan fingerprint density at radius 2 is 1.88 bits per heavy atom. The molecule has 0 spiro atoms. The zero-order valence-corrected chi connectivity index (χ0v) is 11.0. The van der Waals surface area contributed by atoms with Crippen LogP contribution in [0.15, 0.2) is 18.2 Å². The van der Waals surface area contributed by atoms with E-state index in [2.05, 4.69) is 26.1 Å². The summed E-state index contributed by atoms with van der Waals surface area (Å²) in [6.45, 7) is 9.31. The van der Waals surface area contributed by atoms with E-state index in [9.17, 15) is 8.78 Å². The quantitative estimate of drug-likeness (QED) is 0.820. The predicted octanol–water partition coefficient (Wildman–Crippen LogP) is 4.05. The normalized spacial score (nSPS) is 13.8. The maximum atomic E-state index is 13.1. The fraction of sp³-hybridized carbons (Fsp3) is 0.571. The molecule has 1 rings (SSSR count). The van der Waals surface area contributed by atoms with Crippen LogP contribution in [0.3, 0.4) is 0 Å². The van der Waals surface area contributed by atoms with Gasteiger partial charge in [-0.25, -0.2) is 8.78 Å². The van der Waals surface area contributed by atoms with Crippen molar-refractivity contribution in [2.45, 2.75) is 40.2 Å². The van der Waals surface area contributed by atoms with Gasteiger partial charge < -0.3 is 5.32 Å². The summed E-state index contributed by atoms with van der Waals surface area (Å²) >= 11 is 0. The molecule has 0 aliphatic carbocycles. The first-order valence-corrected chi connectivity index (χ1v) is 6.04. The van der Waals surface area contributed by atoms with E-state index in [4.69, 9.17) is 0 Å². The third-order valence-electron chi connectivity index (χ3n) is 3.29. The molecule has 0 aliphatic rings. The first-order chi connectivity index (χ1) is 7.85. The standard InChI is InChI=1S/C14H21F2N/c1-5-14(3,4)9-17-10(2)11-6-7-12(15)13(16)8-11/h6-8,10,17H,5,9H2,1-4H3. The van der Waals surface area contributed by atoms with Crippen molar-refractivity contribution in [3.8, 4) is 0 Å². The Balaban J connectivity index is 2.64. The molecule has 0 saturated heterocycles. The van der Waals surface area contributed by atoms with Gasteiger partial charge in [0.2, 0.25) is 0 Å². The number of hydrogen-bond donors (Lipinski definition) is 1. The summed E-state index contributed by atoms with van der Waals surface area (Å²) < 4.78 is 25.9. The second-order valence-electron chi connectivity index (χ2n) is 5.29. The van der Waals surface area contributed by atoms with Gasteiger partial charge in [-0.2, -0.15) is 0 Å². The van der Waals surface area contributed by atoms with Gasteiger partial charge in [0.05, 0.1) is 0 Å². The van der Waals surface area contributed by atoms with Crippen molar-refractivity contribution in [3.63, 3.8) is 0 Å². The number of halogens is 2. The van der Waals surface area contributed by atoms with Gasteiger partial charge in [0, 0.05) is 12.6 Å². The van der Waals surface area contributed by atoms with E-state index in [-0.39, 0.29) is 11.5 Å². The minimum Gasteiger partial charge on any atom is -0.310 e. The average molecular weight is 241 g/mol. The van der Waals surface area contributed by atoms with E-state index in [0.717, 1.165) is 18.5 Å². The highest BCUT2D eigenvalue weighted by molar-refractivity contribution is 5.20. The van der Waals surface area contributed by atoms with E-state index in [1.807, 2.05) is 6.92 Å². The van der Waals surface area contributed by atoms with Crippen LogP contribution in [0.2, 0.25) is 0 Å². The van der Waals surface area contributed by atoms with Gasteiger partial charge >= 0.3 is 0 Å². The Hall–Kier alpha value is -0.960. The van der Waals surface area contributed by atoms with Gasteiger partial charge in [-0.15, -0.1) is 0 Å². The molecule has 0 bridgehead atoms. The molecule has 1 N–H and O–H groups in total. The Kier molecular flexibility index (Phi) is 4.63. The lowest BCUT2D eigenvalue weighted by atomic mass is 9.90. The maximum absolute atomic E-state index is 13.1. The zero-order valence-electron chi connectivity index (χ0n) is 11.0. The topological polar surface area (TPSA) is 12.0 Å². The Labute approximate surface area is 102 Å². The van der Waals surface area contributed by atoms with Crippen molar-refractivity contribution in [2.75, 3.05) is 6.54 Å². The van der Waals surface area contributed by atoms with Crippen molar-refractivity contribution in [1.82, 2.24) is 5.32 Å². The molecule has 1 aromatic rings. The molecule has 1 nitrogen and oxygen atoms in total. The number of benzene rings is 1. The summed E-state index contributed by atoms with van der Waals surface area (Å²) in [4.78, 5) is 0. The SMILES string of the molecule is CCC(C)(C)CNC(C)c1ccc(F)c(F)c1. The van der Waals surface area contributed by atoms with Crippen molar-refractivity contribution >= 4 is 0 Å². The largest absolute Gasteiger partial charge is 0.310 e. The fourth-order valence-electron chi connectivity index (χ4n) is 1.45. The predicted molar refractivity (Wildman–Crippen MR) is 66.8 cm³/mol. The Morgan fingerprint density at radius 3 is 2.41 bits per heavy atom. The van der Waals surface area contributed by atoms with Gasteiger partial charge in [-0.3, -0.25) is 0 Å². The van der Waals surface area contributed by atoms with E-state index >= 15 is 0 Å². The molecule has 0 aromatic heterocycles. The van der Waals surface area contributed by atoms with Crippen molar-refractivity contribution < 1.29 is 8.78 Å². The summed E-state index contributed by atoms with van der Waals surface area (Å²) in [6.07, 6.45) is 1.07. The Morgan fingerprint density at radius 1 is 1.24 bits per heavy atom. The number of hydrogen-bond acceptors (Lipinski definition) is 1. The van der Waals surface area contributed by atoms with Crippen LogP contribution in [-0.4, -0.2) is 6.54 Å². The Bertz CT molecular complexity index is 374. The van der Waals surface area contributed by atoms with Crippen LogP contribution in [0.1, 0.15) is 45.7 Å². The fourth-order valence-corrected chi connectivity index (χ4v) is 1.45. The van der Waals surface area contributed by atoms with Crippen LogP contribution in [0.25, 0.3) is 0 Å². The van der Waals surface area contributed by atoms with Crippen molar-refractivity contribution in [1.29, 1.82) is 0 Å². The molecule has 1 aromatic carbocycles. The summed E-state index contributed by atoms with van der Waals surface area (Å²) in [7, 11) is 0. The molecule has 3 heteroatoms. The lowest BCUT2D eigenvalue weighted by Crippen LogP contribution is -2.30. The zero-order chi connectivity index (χ0) is 13.1. The highest BCUT2D eigenvalue weighted by Gasteiger charge is 2.17. The van der Waals surface area contributed by atoms with Crippen LogP contribution >= 0.6 is 0 Å². The second kappa shape index (κ2) is 5.58. The van der Waals surface area contributed by atoms with Gasteiger partial charge in [-0.05, 0) is 36.5 Å². The minimum absolute atomic E-state index is 0.0240. The number of nitrogens with one attached hydrogen (secondary N) is 1. The van der Waals surface area contributed by atoms with Gasteiger partial charge in [0.1, 0.15) is 0 Å². The van der Waals surface area contributed by atoms with E-state index < -0.39 is 11.6 Å². The third kappa shape index (κ3) is 4.08. The highest BCUT2D eigenvalue weighted by atomic mass is 19.2. The molecule has 0 saturated carbocycles. The van der Waals surface area contributed by atoms with E-state index in [0.29, 0.717) is 0 Å². The molecule has 96 valence electrons. The molecular weight excluding hydrogens is 220 g/mol. The van der Waals surface area contributed by atoms with Crippen LogP contribution in [0.4, 0.5) is 8.78 Å². The van der Waals surface area contributed by atoms with Crippen LogP contribution in [0.5, 0.6) is 0 Å². The smallest absolute Gasteiger partial charge is 0.159 e. The monoisotopic (exact) mass is 241 g/mol. The highest BCUT2D eigenvalue weighted by Crippen LogP contribution is 2.21. The molecule has 0 radical (unpaired) electrons. The number of rotatable bonds is 5. The van der Waals surface area contributed by atoms with Crippen LogP contribution < -0.4 is 5.32 Å². The lowest BCUT2D eigenvalue weighted by Gasteiger charge is -2.26. The van der Waals surface area contributed by atoms with Gasteiger partial charge in [0.15, 0.2) is 11.6 Å². The van der Waals surface area contributed by atoms with Crippen LogP contribution in [0, 0.1) is 17.0 Å². The minimum atomic E-state index is -0.796. The molecule has 0 fully saturated rings. The van der Waals surface area contributed by atoms with Crippen molar-refractivity contribution in [3.05, 3.63) is 35.4 Å². The molecule has 1 unspecified atom stereocenters. The van der Waals surface area contributed by atoms with Gasteiger partial charge in [0.25, 0.3) is 0 Å². The summed E-state index contributed by atoms with van der Waals surface area (Å²) in [5.41, 5.74) is 0.989. The summed E-state index contributed by atoms with van der Waals surface area (Å²) in [5.74, 6) is -1.58. The van der Waals surface area contributed by atoms with E-state index in [1.165, 1.54) is 12.1 Å². The van der Waals surface area contributed by atoms with Crippen LogP contribution in [-0.2, 0) is 0 Å². The lowest BCUT2D eigenvalue weighted by molar-refractivity contribution is 0.313.